The van der Waals surface area contributed by atoms with Gasteiger partial charge in [0.1, 0.15) is 36.4 Å². The number of nitrogens with zero attached hydrogens (tertiary/aromatic N) is 7. The number of halogens is 3. The molecular formula is C25H22F3N7O4. The first-order valence-corrected chi connectivity index (χ1v) is 12.1. The summed E-state index contributed by atoms with van der Waals surface area (Å²) in [5.74, 6) is -4.17. The van der Waals surface area contributed by atoms with Gasteiger partial charge in [0.15, 0.2) is 23.3 Å². The summed E-state index contributed by atoms with van der Waals surface area (Å²) in [6.45, 7) is -0.314. The predicted octanol–water partition coefficient (Wildman–Crippen LogP) is 1.99. The van der Waals surface area contributed by atoms with E-state index in [0.29, 0.717) is 12.1 Å². The second kappa shape index (κ2) is 9.96. The summed E-state index contributed by atoms with van der Waals surface area (Å²) in [6, 6.07) is 5.93. The van der Waals surface area contributed by atoms with Crippen LogP contribution in [-0.4, -0.2) is 76.2 Å². The average molecular weight is 541 g/mol. The van der Waals surface area contributed by atoms with Crippen LogP contribution in [-0.2, 0) is 11.2 Å². The van der Waals surface area contributed by atoms with E-state index in [0.717, 1.165) is 28.1 Å². The van der Waals surface area contributed by atoms with E-state index in [1.165, 1.54) is 17.2 Å². The third-order valence-corrected chi connectivity index (χ3v) is 6.90. The quantitative estimate of drug-likeness (QED) is 0.315. The van der Waals surface area contributed by atoms with Crippen LogP contribution in [0.4, 0.5) is 18.9 Å². The van der Waals surface area contributed by atoms with Crippen LogP contribution in [0, 0.1) is 17.5 Å². The van der Waals surface area contributed by atoms with Crippen molar-refractivity contribution in [3.63, 3.8) is 0 Å². The maximum Gasteiger partial charge on any atom is 0.194 e. The summed E-state index contributed by atoms with van der Waals surface area (Å²) >= 11 is 0. The Morgan fingerprint density at radius 2 is 1.85 bits per heavy atom. The molecule has 0 unspecified atom stereocenters. The molecule has 3 N–H and O–H groups in total. The smallest absolute Gasteiger partial charge is 0.194 e. The van der Waals surface area contributed by atoms with Gasteiger partial charge in [0.05, 0.1) is 23.7 Å². The number of aliphatic imine (C=N–C) groups is 1. The molecule has 14 heteroatoms. The minimum Gasteiger partial charge on any atom is -0.396 e. The Morgan fingerprint density at radius 3 is 2.62 bits per heavy atom. The predicted molar refractivity (Wildman–Crippen MR) is 129 cm³/mol. The number of fused-ring (bicyclic) bond motifs is 1. The fourth-order valence-corrected chi connectivity index (χ4v) is 4.98. The standard InChI is InChI=1S/C25H22F3N7O4/c26-15-8-13(9-16(27)20(15)28)18-10-34(33-32-18)21-22(37)19(4-6-36)39-24(23(21)38)25-30-11-31-35(25)14-1-2-17-12(7-14)3-5-29-17/h1-2,5,7-11,19,21-24,36-38H,3-4,6H2/t19-,21+,22+,23-,24-/m1/s1. The molecular weight excluding hydrogens is 519 g/mol. The molecule has 1 fully saturated rings. The highest BCUT2D eigenvalue weighted by atomic mass is 19.2. The molecule has 2 aromatic heterocycles. The first kappa shape index (κ1) is 25.3. The minimum atomic E-state index is -1.61. The molecule has 202 valence electrons. The molecule has 11 nitrogen and oxygen atoms in total. The Balaban J connectivity index is 1.36. The number of aromatic nitrogens is 6. The molecule has 5 atom stereocenters. The zero-order valence-electron chi connectivity index (χ0n) is 20.1. The zero-order chi connectivity index (χ0) is 27.3. The van der Waals surface area contributed by atoms with E-state index in [1.54, 1.807) is 12.3 Å². The van der Waals surface area contributed by atoms with Crippen molar-refractivity contribution in [3.05, 3.63) is 71.7 Å². The second-order valence-electron chi connectivity index (χ2n) is 9.28. The van der Waals surface area contributed by atoms with Gasteiger partial charge in [-0.25, -0.2) is 27.5 Å². The number of aliphatic hydroxyl groups is 3. The van der Waals surface area contributed by atoms with Crippen LogP contribution >= 0.6 is 0 Å². The molecule has 4 heterocycles. The van der Waals surface area contributed by atoms with Crippen molar-refractivity contribution in [1.82, 2.24) is 29.8 Å². The Kier molecular flexibility index (Phi) is 6.46. The highest BCUT2D eigenvalue weighted by Crippen LogP contribution is 2.39. The molecule has 0 radical (unpaired) electrons. The van der Waals surface area contributed by atoms with E-state index < -0.39 is 47.9 Å². The van der Waals surface area contributed by atoms with Gasteiger partial charge in [-0.3, -0.25) is 4.99 Å². The zero-order valence-corrected chi connectivity index (χ0v) is 20.1. The minimum absolute atomic E-state index is 0.0162. The largest absolute Gasteiger partial charge is 0.396 e. The fraction of sp³-hybridized carbons (Fsp3) is 0.320. The van der Waals surface area contributed by atoms with Gasteiger partial charge in [-0.15, -0.1) is 5.10 Å². The summed E-state index contributed by atoms with van der Waals surface area (Å²) in [5, 5.41) is 44.3. The van der Waals surface area contributed by atoms with Crippen LogP contribution in [0.2, 0.25) is 0 Å². The molecule has 4 aromatic rings. The van der Waals surface area contributed by atoms with Gasteiger partial charge in [-0.05, 0) is 42.3 Å². The number of benzene rings is 2. The number of rotatable bonds is 6. The summed E-state index contributed by atoms with van der Waals surface area (Å²) in [5.41, 5.74) is 2.40. The van der Waals surface area contributed by atoms with E-state index in [4.69, 9.17) is 4.74 Å². The maximum atomic E-state index is 13.8. The first-order valence-electron chi connectivity index (χ1n) is 12.1. The average Bonchev–Trinajstić information content (AvgIpc) is 3.69. The number of aliphatic hydroxyl groups excluding tert-OH is 3. The van der Waals surface area contributed by atoms with Crippen molar-refractivity contribution in [3.8, 4) is 16.9 Å². The number of hydrogen-bond donors (Lipinski definition) is 3. The molecule has 0 bridgehead atoms. The monoisotopic (exact) mass is 541 g/mol. The summed E-state index contributed by atoms with van der Waals surface area (Å²) in [7, 11) is 0. The van der Waals surface area contributed by atoms with Crippen molar-refractivity contribution in [2.75, 3.05) is 6.61 Å². The topological polar surface area (TPSA) is 144 Å². The number of hydrogen-bond acceptors (Lipinski definition) is 9. The lowest BCUT2D eigenvalue weighted by Crippen LogP contribution is -2.52. The van der Waals surface area contributed by atoms with Crippen LogP contribution in [0.5, 0.6) is 0 Å². The van der Waals surface area contributed by atoms with Crippen molar-refractivity contribution < 1.29 is 33.2 Å². The summed E-state index contributed by atoms with van der Waals surface area (Å²) in [6.07, 6.45) is 0.224. The molecule has 2 aromatic carbocycles. The van der Waals surface area contributed by atoms with E-state index in [2.05, 4.69) is 25.4 Å². The SMILES string of the molecule is OCC[C@H]1O[C@@H](c2ncnn2-c2ccc3c(c2)CC=N3)[C@H](O)[C@@H](n2cc(-c3cc(F)c(F)c(F)c3)nn2)[C@H]1O. The van der Waals surface area contributed by atoms with E-state index in [9.17, 15) is 28.5 Å². The molecule has 0 saturated carbocycles. The van der Waals surface area contributed by atoms with Crippen molar-refractivity contribution in [2.45, 2.75) is 43.3 Å². The highest BCUT2D eigenvalue weighted by Gasteiger charge is 2.48. The highest BCUT2D eigenvalue weighted by molar-refractivity contribution is 5.76. The lowest BCUT2D eigenvalue weighted by Gasteiger charge is -2.42. The normalized spacial score (nSPS) is 24.3. The van der Waals surface area contributed by atoms with Crippen molar-refractivity contribution in [2.24, 2.45) is 4.99 Å². The van der Waals surface area contributed by atoms with E-state index in [1.807, 2.05) is 12.1 Å². The maximum absolute atomic E-state index is 13.8. The third kappa shape index (κ3) is 4.40. The lowest BCUT2D eigenvalue weighted by atomic mass is 9.90. The molecule has 39 heavy (non-hydrogen) atoms. The molecule has 0 aliphatic carbocycles. The van der Waals surface area contributed by atoms with Crippen LogP contribution in [0.25, 0.3) is 16.9 Å². The Hall–Kier alpha value is -3.98. The Bertz CT molecular complexity index is 1540. The van der Waals surface area contributed by atoms with Crippen LogP contribution in [0.15, 0.2) is 47.8 Å². The summed E-state index contributed by atoms with van der Waals surface area (Å²) < 4.78 is 49.7. The van der Waals surface area contributed by atoms with E-state index >= 15 is 0 Å². The molecule has 2 aliphatic rings. The van der Waals surface area contributed by atoms with Gasteiger partial charge >= 0.3 is 0 Å². The van der Waals surface area contributed by atoms with Crippen LogP contribution in [0.3, 0.4) is 0 Å². The van der Waals surface area contributed by atoms with E-state index in [-0.39, 0.29) is 30.1 Å². The Morgan fingerprint density at radius 1 is 1.05 bits per heavy atom. The van der Waals surface area contributed by atoms with Crippen LogP contribution in [0.1, 0.15) is 30.0 Å². The molecule has 1 saturated heterocycles. The lowest BCUT2D eigenvalue weighted by molar-refractivity contribution is -0.205. The third-order valence-electron chi connectivity index (χ3n) is 6.90. The first-order chi connectivity index (χ1) is 18.9. The van der Waals surface area contributed by atoms with Gasteiger partial charge in [0.2, 0.25) is 0 Å². The fourth-order valence-electron chi connectivity index (χ4n) is 4.98. The molecule has 0 spiro atoms. The van der Waals surface area contributed by atoms with Crippen molar-refractivity contribution >= 4 is 11.9 Å². The second-order valence-corrected chi connectivity index (χ2v) is 9.28. The van der Waals surface area contributed by atoms with Gasteiger partial charge in [-0.2, -0.15) is 5.10 Å². The van der Waals surface area contributed by atoms with Gasteiger partial charge in [0.25, 0.3) is 0 Å². The van der Waals surface area contributed by atoms with Gasteiger partial charge < -0.3 is 20.1 Å². The Labute approximate surface area is 218 Å². The van der Waals surface area contributed by atoms with Gasteiger partial charge in [0, 0.05) is 24.8 Å². The summed E-state index contributed by atoms with van der Waals surface area (Å²) in [4.78, 5) is 8.62. The molecule has 6 rings (SSSR count). The van der Waals surface area contributed by atoms with Gasteiger partial charge in [-0.1, -0.05) is 5.21 Å². The number of ether oxygens (including phenoxy) is 1. The molecule has 0 amide bonds. The molecule has 2 aliphatic heterocycles. The van der Waals surface area contributed by atoms with Crippen molar-refractivity contribution in [1.29, 1.82) is 0 Å². The van der Waals surface area contributed by atoms with Crippen LogP contribution < -0.4 is 0 Å².